The Kier molecular flexibility index (Phi) is 12.8. The Morgan fingerprint density at radius 2 is 1.91 bits per heavy atom. The van der Waals surface area contributed by atoms with E-state index in [9.17, 15) is 13.2 Å². The highest BCUT2D eigenvalue weighted by Crippen LogP contribution is 2.44. The third-order valence-corrected chi connectivity index (χ3v) is 9.38. The number of fused-ring (bicyclic) bond motifs is 1. The fourth-order valence-corrected chi connectivity index (χ4v) is 6.97. The van der Waals surface area contributed by atoms with Gasteiger partial charge in [0.1, 0.15) is 11.7 Å². The smallest absolute Gasteiger partial charge is 0.407 e. The van der Waals surface area contributed by atoms with E-state index >= 15 is 4.39 Å². The minimum absolute atomic E-state index is 0.0105. The number of nitrogens with zero attached hydrogens (tertiary/aromatic N) is 2. The average Bonchev–Trinajstić information content (AvgIpc) is 3.36. The third-order valence-electron chi connectivity index (χ3n) is 7.70. The summed E-state index contributed by atoms with van der Waals surface area (Å²) in [4.78, 5) is 18.1. The number of hydrogen-bond acceptors (Lipinski definition) is 9. The molecule has 4 rings (SSSR count). The van der Waals surface area contributed by atoms with Crippen molar-refractivity contribution in [2.75, 3.05) is 52.6 Å². The first-order valence-corrected chi connectivity index (χ1v) is 17.4. The van der Waals surface area contributed by atoms with Crippen LogP contribution in [0.4, 0.5) is 14.9 Å². The zero-order valence-corrected chi connectivity index (χ0v) is 28.5. The van der Waals surface area contributed by atoms with Crippen LogP contribution in [-0.2, 0) is 30.7 Å². The Morgan fingerprint density at radius 1 is 1.17 bits per heavy atom. The minimum atomic E-state index is -4.02. The highest BCUT2D eigenvalue weighted by atomic mass is 35.5. The van der Waals surface area contributed by atoms with Crippen molar-refractivity contribution in [3.63, 3.8) is 0 Å². The Hall–Kier alpha value is -3.03. The fourth-order valence-electron chi connectivity index (χ4n) is 5.72. The maximum atomic E-state index is 15.5. The van der Waals surface area contributed by atoms with Crippen molar-refractivity contribution >= 4 is 33.4 Å². The number of carbonyl (C=O) groups excluding carboxylic acids is 1. The summed E-state index contributed by atoms with van der Waals surface area (Å²) in [5.41, 5.74) is 6.54. The van der Waals surface area contributed by atoms with E-state index in [0.717, 1.165) is 24.5 Å². The molecular weight excluding hydrogens is 653 g/mol. The zero-order valence-electron chi connectivity index (χ0n) is 26.9. The van der Waals surface area contributed by atoms with Crippen LogP contribution in [0.5, 0.6) is 5.75 Å². The topological polar surface area (TPSA) is 146 Å². The second-order valence-electron chi connectivity index (χ2n) is 12.4. The van der Waals surface area contributed by atoms with Crippen molar-refractivity contribution in [2.45, 2.75) is 68.7 Å². The number of amides is 1. The average molecular weight is 696 g/mol. The molecule has 1 heterocycles. The molecule has 15 heteroatoms. The van der Waals surface area contributed by atoms with Crippen LogP contribution in [0.3, 0.4) is 0 Å². The summed E-state index contributed by atoms with van der Waals surface area (Å²) >= 11 is 6.39. The molecule has 2 aromatic rings. The second kappa shape index (κ2) is 16.4. The van der Waals surface area contributed by atoms with Gasteiger partial charge in [-0.2, -0.15) is 0 Å². The zero-order chi connectivity index (χ0) is 34.2. The monoisotopic (exact) mass is 695 g/mol. The Bertz CT molecular complexity index is 1550. The van der Waals surface area contributed by atoms with Crippen LogP contribution in [-0.4, -0.2) is 89.7 Å². The van der Waals surface area contributed by atoms with E-state index in [2.05, 4.69) is 19.8 Å². The molecule has 2 aromatic carbocycles. The molecule has 0 radical (unpaired) electrons. The van der Waals surface area contributed by atoms with Gasteiger partial charge < -0.3 is 30.0 Å². The van der Waals surface area contributed by atoms with Crippen molar-refractivity contribution in [1.82, 2.24) is 14.9 Å². The SMILES string of the molecule is [C-]#[N+]c1cc(Cl)cc2c1C[C@H](N1CCCC(NC(=O)OC(C)(C)C)C1)[C@H]2Oc1ccc(S(=O)(=O)NCCOCCOCCN)cc1F. The molecule has 0 bridgehead atoms. The molecule has 12 nitrogen and oxygen atoms in total. The lowest BCUT2D eigenvalue weighted by Crippen LogP contribution is -2.53. The number of alkyl carbamates (subject to hydrolysis) is 1. The van der Waals surface area contributed by atoms with Crippen molar-refractivity contribution in [3.05, 3.63) is 63.7 Å². The largest absolute Gasteiger partial charge is 0.481 e. The molecule has 47 heavy (non-hydrogen) atoms. The number of ether oxygens (including phenoxy) is 4. The van der Waals surface area contributed by atoms with E-state index in [1.807, 2.05) is 0 Å². The number of halogens is 2. The molecule has 0 aromatic heterocycles. The van der Waals surface area contributed by atoms with Crippen molar-refractivity contribution in [2.24, 2.45) is 5.73 Å². The van der Waals surface area contributed by atoms with Crippen LogP contribution in [0.1, 0.15) is 50.8 Å². The maximum absolute atomic E-state index is 15.5. The first-order chi connectivity index (χ1) is 22.3. The number of hydrogen-bond donors (Lipinski definition) is 3. The Morgan fingerprint density at radius 3 is 2.60 bits per heavy atom. The van der Waals surface area contributed by atoms with Gasteiger partial charge in [0.25, 0.3) is 0 Å². The normalized spacial score (nSPS) is 20.0. The molecular formula is C32H43ClFN5O7S. The predicted molar refractivity (Wildman–Crippen MR) is 175 cm³/mol. The predicted octanol–water partition coefficient (Wildman–Crippen LogP) is 4.33. The second-order valence-corrected chi connectivity index (χ2v) is 14.6. The molecule has 1 fully saturated rings. The number of nitrogens with one attached hydrogen (secondary N) is 2. The van der Waals surface area contributed by atoms with Gasteiger partial charge in [-0.05, 0) is 88.0 Å². The van der Waals surface area contributed by atoms with Crippen LogP contribution >= 0.6 is 11.6 Å². The van der Waals surface area contributed by atoms with E-state index in [-0.39, 0.29) is 42.5 Å². The van der Waals surface area contributed by atoms with E-state index < -0.39 is 33.6 Å². The molecule has 1 aliphatic carbocycles. The Balaban J connectivity index is 1.49. The van der Waals surface area contributed by atoms with Gasteiger partial charge in [-0.3, -0.25) is 4.90 Å². The molecule has 0 saturated carbocycles. The van der Waals surface area contributed by atoms with Gasteiger partial charge in [-0.25, -0.2) is 27.2 Å². The summed E-state index contributed by atoms with van der Waals surface area (Å²) in [6, 6.07) is 6.31. The lowest BCUT2D eigenvalue weighted by molar-refractivity contribution is 0.0354. The van der Waals surface area contributed by atoms with Crippen LogP contribution in [0.15, 0.2) is 35.2 Å². The van der Waals surface area contributed by atoms with Gasteiger partial charge in [0, 0.05) is 30.7 Å². The summed E-state index contributed by atoms with van der Waals surface area (Å²) in [5.74, 6) is -0.999. The van der Waals surface area contributed by atoms with Gasteiger partial charge in [0.2, 0.25) is 10.0 Å². The van der Waals surface area contributed by atoms with Gasteiger partial charge >= 0.3 is 6.09 Å². The fraction of sp³-hybridized carbons (Fsp3) is 0.562. The molecule has 258 valence electrons. The van der Waals surface area contributed by atoms with Crippen molar-refractivity contribution in [1.29, 1.82) is 0 Å². The number of sulfonamides is 1. The number of piperidine rings is 1. The summed E-state index contributed by atoms with van der Waals surface area (Å²) in [5, 5.41) is 3.31. The molecule has 1 aliphatic heterocycles. The number of rotatable bonds is 14. The quantitative estimate of drug-likeness (QED) is 0.194. The van der Waals surface area contributed by atoms with Crippen LogP contribution in [0, 0.1) is 12.4 Å². The maximum Gasteiger partial charge on any atom is 0.407 e. The summed E-state index contributed by atoms with van der Waals surface area (Å²) in [6.07, 6.45) is 0.783. The first kappa shape index (κ1) is 36.8. The molecule has 2 aliphatic rings. The van der Waals surface area contributed by atoms with Crippen LogP contribution in [0.2, 0.25) is 5.02 Å². The molecule has 3 atom stereocenters. The van der Waals surface area contributed by atoms with Crippen LogP contribution in [0.25, 0.3) is 4.85 Å². The summed E-state index contributed by atoms with van der Waals surface area (Å²) in [7, 11) is -4.02. The molecule has 1 saturated heterocycles. The minimum Gasteiger partial charge on any atom is -0.481 e. The molecule has 0 spiro atoms. The lowest BCUT2D eigenvalue weighted by Gasteiger charge is -2.39. The van der Waals surface area contributed by atoms with Gasteiger partial charge in [-0.15, -0.1) is 0 Å². The number of likely N-dealkylation sites (tertiary alicyclic amines) is 1. The van der Waals surface area contributed by atoms with E-state index in [4.69, 9.17) is 42.9 Å². The van der Waals surface area contributed by atoms with Gasteiger partial charge in [0.15, 0.2) is 17.3 Å². The van der Waals surface area contributed by atoms with E-state index in [1.54, 1.807) is 32.9 Å². The van der Waals surface area contributed by atoms with Crippen LogP contribution < -0.4 is 20.5 Å². The molecule has 4 N–H and O–H groups in total. The summed E-state index contributed by atoms with van der Waals surface area (Å²) in [6.45, 7) is 15.9. The van der Waals surface area contributed by atoms with E-state index in [0.29, 0.717) is 55.5 Å². The van der Waals surface area contributed by atoms with Gasteiger partial charge in [0.05, 0.1) is 43.9 Å². The number of carbonyl (C=O) groups is 1. The highest BCUT2D eigenvalue weighted by molar-refractivity contribution is 7.89. The molecule has 1 unspecified atom stereocenters. The number of nitrogens with two attached hydrogens (primary N) is 1. The van der Waals surface area contributed by atoms with Gasteiger partial charge in [-0.1, -0.05) is 11.6 Å². The summed E-state index contributed by atoms with van der Waals surface area (Å²) < 4.78 is 65.9. The van der Waals surface area contributed by atoms with Crippen molar-refractivity contribution < 1.29 is 36.6 Å². The Labute approximate surface area is 280 Å². The number of benzene rings is 2. The highest BCUT2D eigenvalue weighted by Gasteiger charge is 2.41. The van der Waals surface area contributed by atoms with Crippen molar-refractivity contribution in [3.8, 4) is 5.75 Å². The third kappa shape index (κ3) is 10.2. The molecule has 1 amide bonds. The first-order valence-electron chi connectivity index (χ1n) is 15.6. The van der Waals surface area contributed by atoms with E-state index in [1.165, 1.54) is 12.1 Å². The lowest BCUT2D eigenvalue weighted by atomic mass is 10.0. The standard InChI is InChI=1S/C32H43ClFN5O7S/c1-32(2,3)46-31(40)38-22-6-5-11-39(20-22)28-19-24-25(16-21(33)17-27(24)36-4)30(28)45-29-8-7-23(18-26(29)34)47(41,42)37-10-13-44-15-14-43-12-9-35/h7-8,16-18,22,28,30,37H,5-6,9-15,19-20,35H2,1-3H3,(H,38,40)/t22?,28-,30-/m0/s1.